The Hall–Kier alpha value is 0.1000. The van der Waals surface area contributed by atoms with Crippen LogP contribution >= 0.6 is 27.3 Å². The second-order valence-corrected chi connectivity index (χ2v) is 7.54. The molecular weight excluding hydrogens is 296 g/mol. The minimum Gasteiger partial charge on any atom is -0.330 e. The van der Waals surface area contributed by atoms with E-state index in [1.807, 2.05) is 11.3 Å². The van der Waals surface area contributed by atoms with Gasteiger partial charge in [-0.25, -0.2) is 0 Å². The monoisotopic (exact) mass is 316 g/mol. The molecule has 0 radical (unpaired) electrons. The molecule has 1 saturated heterocycles. The van der Waals surface area contributed by atoms with Gasteiger partial charge < -0.3 is 5.73 Å². The Morgan fingerprint density at radius 2 is 2.29 bits per heavy atom. The van der Waals surface area contributed by atoms with Crippen molar-refractivity contribution in [3.63, 3.8) is 0 Å². The highest BCUT2D eigenvalue weighted by Gasteiger charge is 2.29. The summed E-state index contributed by atoms with van der Waals surface area (Å²) in [5, 5.41) is 0. The largest absolute Gasteiger partial charge is 0.330 e. The van der Waals surface area contributed by atoms with Gasteiger partial charge in [0.25, 0.3) is 0 Å². The van der Waals surface area contributed by atoms with Crippen molar-refractivity contribution in [1.29, 1.82) is 0 Å². The van der Waals surface area contributed by atoms with Crippen molar-refractivity contribution in [1.82, 2.24) is 4.90 Å². The molecule has 2 rings (SSSR count). The smallest absolute Gasteiger partial charge is 0.0701 e. The van der Waals surface area contributed by atoms with Crippen LogP contribution in [0.25, 0.3) is 0 Å². The highest BCUT2D eigenvalue weighted by molar-refractivity contribution is 9.11. The van der Waals surface area contributed by atoms with E-state index in [0.717, 1.165) is 13.1 Å². The third-order valence-corrected chi connectivity index (χ3v) is 5.66. The van der Waals surface area contributed by atoms with Crippen molar-refractivity contribution >= 4 is 27.3 Å². The zero-order chi connectivity index (χ0) is 12.4. The predicted octanol–water partition coefficient (Wildman–Crippen LogP) is 3.63. The van der Waals surface area contributed by atoms with Gasteiger partial charge in [-0.05, 0) is 67.2 Å². The summed E-state index contributed by atoms with van der Waals surface area (Å²) in [4.78, 5) is 4.06. The van der Waals surface area contributed by atoms with E-state index in [4.69, 9.17) is 5.73 Å². The zero-order valence-corrected chi connectivity index (χ0v) is 12.9. The van der Waals surface area contributed by atoms with E-state index < -0.39 is 0 Å². The Morgan fingerprint density at radius 1 is 1.53 bits per heavy atom. The third-order valence-electron chi connectivity index (χ3n) is 3.86. The highest BCUT2D eigenvalue weighted by Crippen LogP contribution is 2.34. The number of thiophene rings is 1. The van der Waals surface area contributed by atoms with Crippen LogP contribution in [0.4, 0.5) is 0 Å². The van der Waals surface area contributed by atoms with Crippen LogP contribution in [-0.4, -0.2) is 24.0 Å². The highest BCUT2D eigenvalue weighted by atomic mass is 79.9. The topological polar surface area (TPSA) is 29.3 Å². The summed E-state index contributed by atoms with van der Waals surface area (Å²) < 4.78 is 1.22. The van der Waals surface area contributed by atoms with Crippen molar-refractivity contribution in [2.45, 2.75) is 38.8 Å². The molecule has 0 aromatic carbocycles. The van der Waals surface area contributed by atoms with Crippen molar-refractivity contribution in [3.05, 3.63) is 20.8 Å². The van der Waals surface area contributed by atoms with Gasteiger partial charge in [0.15, 0.2) is 0 Å². The molecule has 1 aromatic rings. The SMILES string of the molecule is CC1CCC(CN)CN1C(C)c1ccc(Br)s1. The van der Waals surface area contributed by atoms with Crippen molar-refractivity contribution in [3.8, 4) is 0 Å². The van der Waals surface area contributed by atoms with Gasteiger partial charge in [0.05, 0.1) is 3.79 Å². The summed E-state index contributed by atoms with van der Waals surface area (Å²) in [6, 6.07) is 5.56. The average molecular weight is 317 g/mol. The molecule has 0 amide bonds. The van der Waals surface area contributed by atoms with Crippen LogP contribution in [0.15, 0.2) is 15.9 Å². The van der Waals surface area contributed by atoms with Crippen LogP contribution in [-0.2, 0) is 0 Å². The minimum absolute atomic E-state index is 0.510. The number of halogens is 1. The number of nitrogens with two attached hydrogens (primary N) is 1. The summed E-state index contributed by atoms with van der Waals surface area (Å²) >= 11 is 5.39. The van der Waals surface area contributed by atoms with Crippen LogP contribution in [0.1, 0.15) is 37.6 Å². The first kappa shape index (κ1) is 13.5. The average Bonchev–Trinajstić information content (AvgIpc) is 2.76. The number of hydrogen-bond acceptors (Lipinski definition) is 3. The van der Waals surface area contributed by atoms with Gasteiger partial charge in [-0.1, -0.05) is 0 Å². The Balaban J connectivity index is 2.09. The molecular formula is C13H21BrN2S. The molecule has 2 heterocycles. The normalized spacial score (nSPS) is 28.2. The van der Waals surface area contributed by atoms with Crippen molar-refractivity contribution in [2.24, 2.45) is 11.7 Å². The number of rotatable bonds is 3. The van der Waals surface area contributed by atoms with Gasteiger partial charge >= 0.3 is 0 Å². The second-order valence-electron chi connectivity index (χ2n) is 5.04. The molecule has 1 aliphatic rings. The molecule has 1 fully saturated rings. The van der Waals surface area contributed by atoms with Crippen LogP contribution in [0.2, 0.25) is 0 Å². The fourth-order valence-corrected chi connectivity index (χ4v) is 4.16. The lowest BCUT2D eigenvalue weighted by atomic mass is 9.92. The Bertz CT molecular complexity index is 366. The van der Waals surface area contributed by atoms with E-state index in [1.165, 1.54) is 21.5 Å². The van der Waals surface area contributed by atoms with E-state index in [0.29, 0.717) is 18.0 Å². The van der Waals surface area contributed by atoms with Gasteiger partial charge in [-0.3, -0.25) is 4.90 Å². The Kier molecular flexibility index (Phi) is 4.64. The molecule has 0 aliphatic carbocycles. The van der Waals surface area contributed by atoms with Crippen LogP contribution < -0.4 is 5.73 Å². The van der Waals surface area contributed by atoms with E-state index >= 15 is 0 Å². The lowest BCUT2D eigenvalue weighted by molar-refractivity contribution is 0.0827. The first-order valence-corrected chi connectivity index (χ1v) is 7.93. The second kappa shape index (κ2) is 5.83. The summed E-state index contributed by atoms with van der Waals surface area (Å²) in [6.45, 7) is 6.62. The van der Waals surface area contributed by atoms with Gasteiger partial charge in [0, 0.05) is 23.5 Å². The van der Waals surface area contributed by atoms with Gasteiger partial charge in [0.1, 0.15) is 0 Å². The first-order chi connectivity index (χ1) is 8.11. The molecule has 17 heavy (non-hydrogen) atoms. The number of hydrogen-bond donors (Lipinski definition) is 1. The Labute approximate surface area is 116 Å². The summed E-state index contributed by atoms with van der Waals surface area (Å²) in [5.41, 5.74) is 5.82. The molecule has 2 nitrogen and oxygen atoms in total. The molecule has 0 saturated carbocycles. The Morgan fingerprint density at radius 3 is 2.88 bits per heavy atom. The molecule has 1 aliphatic heterocycles. The van der Waals surface area contributed by atoms with Crippen LogP contribution in [0.3, 0.4) is 0 Å². The number of piperidine rings is 1. The van der Waals surface area contributed by atoms with Gasteiger partial charge in [-0.15, -0.1) is 11.3 Å². The molecule has 3 unspecified atom stereocenters. The van der Waals surface area contributed by atoms with E-state index in [-0.39, 0.29) is 0 Å². The van der Waals surface area contributed by atoms with Gasteiger partial charge in [-0.2, -0.15) is 0 Å². The lowest BCUT2D eigenvalue weighted by Gasteiger charge is -2.41. The quantitative estimate of drug-likeness (QED) is 0.922. The summed E-state index contributed by atoms with van der Waals surface area (Å²) in [7, 11) is 0. The van der Waals surface area contributed by atoms with E-state index in [2.05, 4.69) is 46.8 Å². The number of likely N-dealkylation sites (tertiary alicyclic amines) is 1. The maximum atomic E-state index is 5.82. The maximum Gasteiger partial charge on any atom is 0.0701 e. The molecule has 4 heteroatoms. The standard InChI is InChI=1S/C13H21BrN2S/c1-9-3-4-11(7-15)8-16(9)10(2)12-5-6-13(14)17-12/h5-6,9-11H,3-4,7-8,15H2,1-2H3. The fraction of sp³-hybridized carbons (Fsp3) is 0.692. The third kappa shape index (κ3) is 3.11. The summed E-state index contributed by atoms with van der Waals surface area (Å²) in [5.74, 6) is 0.678. The molecule has 2 N–H and O–H groups in total. The summed E-state index contributed by atoms with van der Waals surface area (Å²) in [6.07, 6.45) is 2.56. The van der Waals surface area contributed by atoms with Gasteiger partial charge in [0.2, 0.25) is 0 Å². The fourth-order valence-electron chi connectivity index (χ4n) is 2.66. The van der Waals surface area contributed by atoms with Crippen molar-refractivity contribution in [2.75, 3.05) is 13.1 Å². The van der Waals surface area contributed by atoms with E-state index in [9.17, 15) is 0 Å². The van der Waals surface area contributed by atoms with Crippen molar-refractivity contribution < 1.29 is 0 Å². The van der Waals surface area contributed by atoms with Crippen LogP contribution in [0.5, 0.6) is 0 Å². The molecule has 0 spiro atoms. The minimum atomic E-state index is 0.510. The number of nitrogens with zero attached hydrogens (tertiary/aromatic N) is 1. The predicted molar refractivity (Wildman–Crippen MR) is 78.4 cm³/mol. The molecule has 0 bridgehead atoms. The maximum absolute atomic E-state index is 5.82. The van der Waals surface area contributed by atoms with Crippen LogP contribution in [0, 0.1) is 5.92 Å². The zero-order valence-electron chi connectivity index (χ0n) is 10.5. The van der Waals surface area contributed by atoms with E-state index in [1.54, 1.807) is 0 Å². The molecule has 3 atom stereocenters. The first-order valence-electron chi connectivity index (χ1n) is 6.33. The molecule has 1 aromatic heterocycles. The molecule has 96 valence electrons. The lowest BCUT2D eigenvalue weighted by Crippen LogP contribution is -2.44.